The lowest BCUT2D eigenvalue weighted by Crippen LogP contribution is -1.69. The fraction of sp³-hybridized carbons (Fsp3) is 0.467. The molecule has 0 atom stereocenters. The van der Waals surface area contributed by atoms with Gasteiger partial charge < -0.3 is 0 Å². The van der Waals surface area contributed by atoms with Gasteiger partial charge in [0.2, 0.25) is 0 Å². The predicted molar refractivity (Wildman–Crippen MR) is 71.0 cm³/mol. The Hall–Kier alpha value is -1.04. The van der Waals surface area contributed by atoms with Crippen molar-refractivity contribution >= 4 is 0 Å². The lowest BCUT2D eigenvalue weighted by Gasteiger charge is -1.89. The molecule has 0 aliphatic rings. The maximum absolute atomic E-state index is 2.24. The van der Waals surface area contributed by atoms with E-state index < -0.39 is 0 Å². The van der Waals surface area contributed by atoms with E-state index in [9.17, 15) is 0 Å². The summed E-state index contributed by atoms with van der Waals surface area (Å²) in [5.74, 6) is 0. The predicted octanol–water partition coefficient (Wildman–Crippen LogP) is 5.20. The van der Waals surface area contributed by atoms with Crippen molar-refractivity contribution in [2.75, 3.05) is 0 Å². The number of unbranched alkanes of at least 4 members (excludes halogenated alkanes) is 3. The fourth-order valence-electron chi connectivity index (χ4n) is 1.13. The van der Waals surface area contributed by atoms with Gasteiger partial charge in [-0.2, -0.15) is 0 Å². The summed E-state index contributed by atoms with van der Waals surface area (Å²) in [6.07, 6.45) is 19.9. The Bertz CT molecular complexity index is 235. The first-order valence-electron chi connectivity index (χ1n) is 5.90. The molecule has 0 nitrogen and oxygen atoms in total. The molecule has 0 aromatic carbocycles. The van der Waals surface area contributed by atoms with Gasteiger partial charge in [-0.1, -0.05) is 67.9 Å². The second-order valence-electron chi connectivity index (χ2n) is 3.94. The van der Waals surface area contributed by atoms with Crippen LogP contribution in [-0.2, 0) is 0 Å². The van der Waals surface area contributed by atoms with Crippen molar-refractivity contribution in [3.63, 3.8) is 0 Å². The normalized spacial score (nSPS) is 11.9. The van der Waals surface area contributed by atoms with Crippen LogP contribution in [0.25, 0.3) is 0 Å². The summed E-state index contributed by atoms with van der Waals surface area (Å²) in [5.41, 5.74) is 1.33. The highest BCUT2D eigenvalue weighted by atomic mass is 13.9. The summed E-state index contributed by atoms with van der Waals surface area (Å²) in [7, 11) is 0. The smallest absolute Gasteiger partial charge is 0.0348 e. The molecule has 0 aromatic heterocycles. The van der Waals surface area contributed by atoms with Crippen LogP contribution >= 0.6 is 0 Å². The Morgan fingerprint density at radius 2 is 1.53 bits per heavy atom. The first-order valence-corrected chi connectivity index (χ1v) is 5.90. The Balaban J connectivity index is 3.53. The molecular formula is C15H24. The fourth-order valence-corrected chi connectivity index (χ4v) is 1.13. The van der Waals surface area contributed by atoms with Gasteiger partial charge in [0.1, 0.15) is 0 Å². The van der Waals surface area contributed by atoms with Gasteiger partial charge in [0.15, 0.2) is 0 Å². The molecule has 0 bridgehead atoms. The van der Waals surface area contributed by atoms with E-state index >= 15 is 0 Å². The van der Waals surface area contributed by atoms with Crippen molar-refractivity contribution in [2.24, 2.45) is 0 Å². The zero-order valence-corrected chi connectivity index (χ0v) is 10.4. The first-order chi connectivity index (χ1) is 7.27. The van der Waals surface area contributed by atoms with Crippen molar-refractivity contribution in [2.45, 2.75) is 46.5 Å². The standard InChI is InChI=1S/C15H24/c1-4-5-6-7-8-9-10-11-12-13-14-15(2)3/h8-14H,4-7H2,1-3H3/b9-8+,11-10+,13-12-. The van der Waals surface area contributed by atoms with Gasteiger partial charge >= 0.3 is 0 Å². The van der Waals surface area contributed by atoms with Crippen molar-refractivity contribution < 1.29 is 0 Å². The van der Waals surface area contributed by atoms with Crippen LogP contribution in [0.4, 0.5) is 0 Å². The largest absolute Gasteiger partial charge is 0.0845 e. The van der Waals surface area contributed by atoms with E-state index in [0.29, 0.717) is 0 Å². The van der Waals surface area contributed by atoms with Gasteiger partial charge in [-0.15, -0.1) is 0 Å². The molecule has 0 N–H and O–H groups in total. The minimum atomic E-state index is 1.20. The van der Waals surface area contributed by atoms with Crippen LogP contribution in [-0.4, -0.2) is 0 Å². The summed E-state index contributed by atoms with van der Waals surface area (Å²) in [5, 5.41) is 0. The molecule has 0 radical (unpaired) electrons. The third kappa shape index (κ3) is 13.0. The molecule has 0 fully saturated rings. The average molecular weight is 204 g/mol. The zero-order chi connectivity index (χ0) is 11.4. The Kier molecular flexibility index (Phi) is 10.3. The molecule has 0 aliphatic carbocycles. The highest BCUT2D eigenvalue weighted by Gasteiger charge is 1.79. The summed E-state index contributed by atoms with van der Waals surface area (Å²) < 4.78 is 0. The van der Waals surface area contributed by atoms with Gasteiger partial charge in [0, 0.05) is 0 Å². The summed E-state index contributed by atoms with van der Waals surface area (Å²) >= 11 is 0. The molecule has 0 unspecified atom stereocenters. The Morgan fingerprint density at radius 3 is 2.20 bits per heavy atom. The van der Waals surface area contributed by atoms with Gasteiger partial charge in [-0.3, -0.25) is 0 Å². The van der Waals surface area contributed by atoms with E-state index in [1.807, 2.05) is 0 Å². The van der Waals surface area contributed by atoms with Crippen LogP contribution < -0.4 is 0 Å². The summed E-state index contributed by atoms with van der Waals surface area (Å²) in [4.78, 5) is 0. The quantitative estimate of drug-likeness (QED) is 0.395. The van der Waals surface area contributed by atoms with Crippen LogP contribution in [0.5, 0.6) is 0 Å². The van der Waals surface area contributed by atoms with Crippen LogP contribution in [0.2, 0.25) is 0 Å². The zero-order valence-electron chi connectivity index (χ0n) is 10.4. The van der Waals surface area contributed by atoms with Gasteiger partial charge in [-0.25, -0.2) is 0 Å². The monoisotopic (exact) mass is 204 g/mol. The lowest BCUT2D eigenvalue weighted by atomic mass is 10.2. The molecule has 0 aromatic rings. The topological polar surface area (TPSA) is 0 Å². The number of hydrogen-bond acceptors (Lipinski definition) is 0. The van der Waals surface area contributed by atoms with E-state index in [4.69, 9.17) is 0 Å². The number of hydrogen-bond donors (Lipinski definition) is 0. The van der Waals surface area contributed by atoms with Gasteiger partial charge in [0.25, 0.3) is 0 Å². The molecule has 0 spiro atoms. The molecule has 0 heterocycles. The molecular weight excluding hydrogens is 180 g/mol. The van der Waals surface area contributed by atoms with Crippen LogP contribution in [0.3, 0.4) is 0 Å². The van der Waals surface area contributed by atoms with Crippen molar-refractivity contribution in [1.29, 1.82) is 0 Å². The molecule has 0 saturated carbocycles. The maximum atomic E-state index is 2.24. The Morgan fingerprint density at radius 1 is 0.867 bits per heavy atom. The molecule has 0 amide bonds. The molecule has 0 rings (SSSR count). The van der Waals surface area contributed by atoms with Crippen LogP contribution in [0.15, 0.2) is 48.1 Å². The highest BCUT2D eigenvalue weighted by molar-refractivity contribution is 5.17. The summed E-state index contributed by atoms with van der Waals surface area (Å²) in [6, 6.07) is 0. The van der Waals surface area contributed by atoms with E-state index in [2.05, 4.69) is 63.3 Å². The second kappa shape index (κ2) is 11.0. The number of rotatable bonds is 7. The van der Waals surface area contributed by atoms with E-state index in [-0.39, 0.29) is 0 Å². The molecule has 15 heavy (non-hydrogen) atoms. The van der Waals surface area contributed by atoms with E-state index in [0.717, 1.165) is 0 Å². The lowest BCUT2D eigenvalue weighted by molar-refractivity contribution is 0.729. The maximum Gasteiger partial charge on any atom is -0.0348 e. The minimum absolute atomic E-state index is 1.20. The van der Waals surface area contributed by atoms with Gasteiger partial charge in [-0.05, 0) is 26.7 Å². The first kappa shape index (κ1) is 14.0. The highest BCUT2D eigenvalue weighted by Crippen LogP contribution is 1.99. The van der Waals surface area contributed by atoms with Crippen molar-refractivity contribution in [3.8, 4) is 0 Å². The van der Waals surface area contributed by atoms with Crippen LogP contribution in [0, 0.1) is 0 Å². The molecule has 0 aliphatic heterocycles. The Labute approximate surface area is 95.1 Å². The third-order valence-corrected chi connectivity index (χ3v) is 1.98. The van der Waals surface area contributed by atoms with E-state index in [1.165, 1.54) is 31.3 Å². The molecule has 0 heteroatoms. The van der Waals surface area contributed by atoms with Crippen molar-refractivity contribution in [1.82, 2.24) is 0 Å². The molecule has 84 valence electrons. The van der Waals surface area contributed by atoms with Crippen LogP contribution in [0.1, 0.15) is 46.5 Å². The average Bonchev–Trinajstić information content (AvgIpc) is 2.20. The summed E-state index contributed by atoms with van der Waals surface area (Å²) in [6.45, 7) is 6.43. The SMILES string of the molecule is CCCCC/C=C/C=C/C=C\C=C(C)C. The minimum Gasteiger partial charge on any atom is -0.0845 e. The van der Waals surface area contributed by atoms with E-state index in [1.54, 1.807) is 0 Å². The third-order valence-electron chi connectivity index (χ3n) is 1.98. The molecule has 0 saturated heterocycles. The number of allylic oxidation sites excluding steroid dienone is 8. The second-order valence-corrected chi connectivity index (χ2v) is 3.94. The van der Waals surface area contributed by atoms with Crippen molar-refractivity contribution in [3.05, 3.63) is 48.1 Å². The van der Waals surface area contributed by atoms with Gasteiger partial charge in [0.05, 0.1) is 0 Å².